The van der Waals surface area contributed by atoms with Gasteiger partial charge in [-0.25, -0.2) is 4.98 Å². The molecule has 0 aliphatic rings. The van der Waals surface area contributed by atoms with E-state index in [0.29, 0.717) is 11.2 Å². The van der Waals surface area contributed by atoms with Crippen LogP contribution in [0.25, 0.3) is 10.9 Å². The van der Waals surface area contributed by atoms with Crippen LogP contribution in [0.3, 0.4) is 0 Å². The molecule has 2 heterocycles. The quantitative estimate of drug-likeness (QED) is 0.681. The lowest BCUT2D eigenvalue weighted by atomic mass is 9.95. The minimum absolute atomic E-state index is 0.0847. The standard InChI is InChI=1S/C21H25N3OS/c1-5-6-12-15-18-17(19(25)24-20(23-18)21(2,3)4)16(13-22-15)26-14-10-8-7-9-11-14/h7-11,13H,5-6,12H2,1-4H3,(H,23,24,25). The van der Waals surface area contributed by atoms with Gasteiger partial charge in [0.15, 0.2) is 0 Å². The maximum Gasteiger partial charge on any atom is 0.260 e. The Morgan fingerprint density at radius 3 is 2.54 bits per heavy atom. The Balaban J connectivity index is 2.20. The van der Waals surface area contributed by atoms with Gasteiger partial charge in [-0.1, -0.05) is 64.1 Å². The third-order valence-corrected chi connectivity index (χ3v) is 5.26. The van der Waals surface area contributed by atoms with Gasteiger partial charge in [-0.15, -0.1) is 0 Å². The lowest BCUT2D eigenvalue weighted by Gasteiger charge is -2.18. The Kier molecular flexibility index (Phi) is 5.47. The van der Waals surface area contributed by atoms with E-state index >= 15 is 0 Å². The second-order valence-corrected chi connectivity index (χ2v) is 8.59. The molecule has 2 aromatic heterocycles. The highest BCUT2D eigenvalue weighted by Crippen LogP contribution is 2.32. The van der Waals surface area contributed by atoms with Gasteiger partial charge in [0.2, 0.25) is 0 Å². The van der Waals surface area contributed by atoms with Crippen molar-refractivity contribution in [2.24, 2.45) is 0 Å². The fourth-order valence-corrected chi connectivity index (χ4v) is 3.69. The van der Waals surface area contributed by atoms with Crippen LogP contribution in [0.2, 0.25) is 0 Å². The molecule has 5 heteroatoms. The molecule has 0 bridgehead atoms. The highest BCUT2D eigenvalue weighted by molar-refractivity contribution is 7.99. The highest BCUT2D eigenvalue weighted by atomic mass is 32.2. The molecule has 1 aromatic carbocycles. The number of nitrogens with one attached hydrogen (secondary N) is 1. The van der Waals surface area contributed by atoms with E-state index in [1.165, 1.54) is 0 Å². The fourth-order valence-electron chi connectivity index (χ4n) is 2.75. The van der Waals surface area contributed by atoms with Crippen LogP contribution < -0.4 is 5.56 Å². The molecule has 1 N–H and O–H groups in total. The van der Waals surface area contributed by atoms with E-state index in [0.717, 1.165) is 40.3 Å². The number of hydrogen-bond donors (Lipinski definition) is 1. The molecule has 0 unspecified atom stereocenters. The van der Waals surface area contributed by atoms with Crippen LogP contribution in [-0.2, 0) is 11.8 Å². The van der Waals surface area contributed by atoms with E-state index in [1.54, 1.807) is 11.8 Å². The third-order valence-electron chi connectivity index (χ3n) is 4.23. The SMILES string of the molecule is CCCCc1ncc(Sc2ccccc2)c2c(=O)[nH]c(C(C)(C)C)nc12. The first-order valence-electron chi connectivity index (χ1n) is 9.05. The summed E-state index contributed by atoms with van der Waals surface area (Å²) in [4.78, 5) is 27.4. The summed E-state index contributed by atoms with van der Waals surface area (Å²) in [6.07, 6.45) is 4.77. The second-order valence-electron chi connectivity index (χ2n) is 7.48. The van der Waals surface area contributed by atoms with Gasteiger partial charge >= 0.3 is 0 Å². The van der Waals surface area contributed by atoms with Crippen molar-refractivity contribution < 1.29 is 0 Å². The zero-order chi connectivity index (χ0) is 18.7. The van der Waals surface area contributed by atoms with Crippen LogP contribution in [0.4, 0.5) is 0 Å². The first-order valence-corrected chi connectivity index (χ1v) is 9.87. The minimum Gasteiger partial charge on any atom is -0.310 e. The predicted molar refractivity (Wildman–Crippen MR) is 108 cm³/mol. The maximum atomic E-state index is 12.9. The van der Waals surface area contributed by atoms with Gasteiger partial charge in [0.05, 0.1) is 11.1 Å². The number of nitrogens with zero attached hydrogens (tertiary/aromatic N) is 2. The van der Waals surface area contributed by atoms with Gasteiger partial charge in [-0.2, -0.15) is 0 Å². The lowest BCUT2D eigenvalue weighted by Crippen LogP contribution is -2.23. The molecule has 0 saturated heterocycles. The van der Waals surface area contributed by atoms with Crippen molar-refractivity contribution in [1.82, 2.24) is 15.0 Å². The van der Waals surface area contributed by atoms with E-state index < -0.39 is 0 Å². The van der Waals surface area contributed by atoms with Crippen molar-refractivity contribution in [1.29, 1.82) is 0 Å². The summed E-state index contributed by atoms with van der Waals surface area (Å²) in [6, 6.07) is 10.0. The summed E-state index contributed by atoms with van der Waals surface area (Å²) in [7, 11) is 0. The van der Waals surface area contributed by atoms with Crippen molar-refractivity contribution in [2.45, 2.75) is 62.2 Å². The second kappa shape index (κ2) is 7.62. The van der Waals surface area contributed by atoms with Gasteiger partial charge in [-0.3, -0.25) is 9.78 Å². The average molecular weight is 368 g/mol. The van der Waals surface area contributed by atoms with E-state index in [9.17, 15) is 4.79 Å². The molecule has 0 radical (unpaired) electrons. The van der Waals surface area contributed by atoms with Gasteiger partial charge in [0.1, 0.15) is 11.3 Å². The molecular formula is C21H25N3OS. The summed E-state index contributed by atoms with van der Waals surface area (Å²) in [5, 5.41) is 0.646. The lowest BCUT2D eigenvalue weighted by molar-refractivity contribution is 0.545. The first-order chi connectivity index (χ1) is 12.4. The zero-order valence-corrected chi connectivity index (χ0v) is 16.6. The maximum absolute atomic E-state index is 12.9. The van der Waals surface area contributed by atoms with Crippen LogP contribution in [-0.4, -0.2) is 15.0 Å². The van der Waals surface area contributed by atoms with Crippen molar-refractivity contribution in [3.63, 3.8) is 0 Å². The van der Waals surface area contributed by atoms with Crippen molar-refractivity contribution in [2.75, 3.05) is 0 Å². The summed E-state index contributed by atoms with van der Waals surface area (Å²) in [5.74, 6) is 0.705. The highest BCUT2D eigenvalue weighted by Gasteiger charge is 2.21. The van der Waals surface area contributed by atoms with E-state index in [2.05, 4.69) is 37.7 Å². The Bertz CT molecular complexity index is 959. The number of pyridine rings is 1. The van der Waals surface area contributed by atoms with Crippen LogP contribution >= 0.6 is 11.8 Å². The van der Waals surface area contributed by atoms with Gasteiger partial charge < -0.3 is 4.98 Å². The van der Waals surface area contributed by atoms with E-state index in [4.69, 9.17) is 4.98 Å². The van der Waals surface area contributed by atoms with Crippen molar-refractivity contribution in [3.8, 4) is 0 Å². The molecule has 26 heavy (non-hydrogen) atoms. The number of unbranched alkanes of at least 4 members (excludes halogenated alkanes) is 1. The molecule has 0 amide bonds. The number of rotatable bonds is 5. The first kappa shape index (κ1) is 18.6. The summed E-state index contributed by atoms with van der Waals surface area (Å²) >= 11 is 1.55. The van der Waals surface area contributed by atoms with Gasteiger partial charge in [0, 0.05) is 21.4 Å². The largest absolute Gasteiger partial charge is 0.310 e. The van der Waals surface area contributed by atoms with Gasteiger partial charge in [0.25, 0.3) is 5.56 Å². The van der Waals surface area contributed by atoms with Crippen LogP contribution in [0.5, 0.6) is 0 Å². The van der Waals surface area contributed by atoms with Crippen LogP contribution in [0, 0.1) is 0 Å². The molecule has 0 aliphatic carbocycles. The van der Waals surface area contributed by atoms with E-state index in [-0.39, 0.29) is 11.0 Å². The molecule has 0 aliphatic heterocycles. The number of aromatic amines is 1. The Hall–Kier alpha value is -2.14. The Morgan fingerprint density at radius 2 is 1.88 bits per heavy atom. The average Bonchev–Trinajstić information content (AvgIpc) is 2.60. The monoisotopic (exact) mass is 367 g/mol. The fraction of sp³-hybridized carbons (Fsp3) is 0.381. The number of H-pyrrole nitrogens is 1. The summed E-state index contributed by atoms with van der Waals surface area (Å²) < 4.78 is 0. The summed E-state index contributed by atoms with van der Waals surface area (Å²) in [5.41, 5.74) is 1.35. The topological polar surface area (TPSA) is 58.6 Å². The predicted octanol–water partition coefficient (Wildman–Crippen LogP) is 5.11. The molecule has 0 saturated carbocycles. The Morgan fingerprint density at radius 1 is 1.15 bits per heavy atom. The molecule has 0 spiro atoms. The minimum atomic E-state index is -0.224. The summed E-state index contributed by atoms with van der Waals surface area (Å²) in [6.45, 7) is 8.32. The third kappa shape index (κ3) is 3.98. The smallest absolute Gasteiger partial charge is 0.260 e. The molecule has 4 nitrogen and oxygen atoms in total. The number of hydrogen-bond acceptors (Lipinski definition) is 4. The number of benzene rings is 1. The molecule has 3 aromatic rings. The van der Waals surface area contributed by atoms with Crippen LogP contribution in [0.15, 0.2) is 51.1 Å². The number of aromatic nitrogens is 3. The molecular weight excluding hydrogens is 342 g/mol. The molecule has 0 fully saturated rings. The van der Waals surface area contributed by atoms with Crippen LogP contribution in [0.1, 0.15) is 52.1 Å². The van der Waals surface area contributed by atoms with Crippen molar-refractivity contribution >= 4 is 22.7 Å². The van der Waals surface area contributed by atoms with Gasteiger partial charge in [-0.05, 0) is 25.0 Å². The normalized spacial score (nSPS) is 11.8. The number of aryl methyl sites for hydroxylation is 1. The molecule has 3 rings (SSSR count). The number of fused-ring (bicyclic) bond motifs is 1. The molecule has 0 atom stereocenters. The van der Waals surface area contributed by atoms with E-state index in [1.807, 2.05) is 36.5 Å². The zero-order valence-electron chi connectivity index (χ0n) is 15.8. The molecule has 136 valence electrons. The Labute approximate surface area is 158 Å². The van der Waals surface area contributed by atoms with Crippen molar-refractivity contribution in [3.05, 3.63) is 58.4 Å².